The normalized spacial score (nSPS) is 18.4. The van der Waals surface area contributed by atoms with Gasteiger partial charge in [0.1, 0.15) is 4.32 Å². The van der Waals surface area contributed by atoms with Crippen molar-refractivity contribution in [2.24, 2.45) is 5.92 Å². The Bertz CT molecular complexity index is 1200. The minimum absolute atomic E-state index is 0.124. The third-order valence-electron chi connectivity index (χ3n) is 6.50. The predicted molar refractivity (Wildman–Crippen MR) is 148 cm³/mol. The number of fused-ring (bicyclic) bond motifs is 1. The van der Waals surface area contributed by atoms with E-state index in [1.807, 2.05) is 6.08 Å². The Morgan fingerprint density at radius 2 is 1.94 bits per heavy atom. The van der Waals surface area contributed by atoms with Crippen LogP contribution >= 0.6 is 24.0 Å². The van der Waals surface area contributed by atoms with Gasteiger partial charge in [0.05, 0.1) is 4.91 Å². The van der Waals surface area contributed by atoms with E-state index < -0.39 is 0 Å². The molecule has 1 amide bonds. The number of rotatable bonds is 5. The summed E-state index contributed by atoms with van der Waals surface area (Å²) in [6.07, 6.45) is 5.42. The van der Waals surface area contributed by atoms with E-state index in [9.17, 15) is 4.79 Å². The lowest BCUT2D eigenvalue weighted by molar-refractivity contribution is -0.115. The topological polar surface area (TPSA) is 41.1 Å². The summed E-state index contributed by atoms with van der Waals surface area (Å²) < 4.78 is 0.511. The highest BCUT2D eigenvalue weighted by molar-refractivity contribution is 8.26. The summed E-state index contributed by atoms with van der Waals surface area (Å²) in [5, 5.41) is 6.23. The Morgan fingerprint density at radius 1 is 1.18 bits per heavy atom. The van der Waals surface area contributed by atoms with Gasteiger partial charge in [-0.25, -0.2) is 0 Å². The van der Waals surface area contributed by atoms with Crippen LogP contribution in [0.4, 0.5) is 5.69 Å². The molecule has 3 nitrogen and oxygen atoms in total. The average molecular weight is 477 g/mol. The van der Waals surface area contributed by atoms with Crippen LogP contribution in [0.5, 0.6) is 0 Å². The number of aryl methyl sites for hydroxylation is 1. The van der Waals surface area contributed by atoms with Crippen LogP contribution in [0.1, 0.15) is 63.3 Å². The molecule has 0 atom stereocenters. The van der Waals surface area contributed by atoms with Crippen molar-refractivity contribution >= 4 is 51.5 Å². The number of anilines is 1. The monoisotopic (exact) mass is 476 g/mol. The van der Waals surface area contributed by atoms with Crippen molar-refractivity contribution in [3.8, 4) is 11.1 Å². The first-order valence-electron chi connectivity index (χ1n) is 11.6. The Morgan fingerprint density at radius 3 is 2.58 bits per heavy atom. The van der Waals surface area contributed by atoms with Crippen molar-refractivity contribution in [3.63, 3.8) is 0 Å². The van der Waals surface area contributed by atoms with E-state index in [1.165, 1.54) is 39.6 Å². The van der Waals surface area contributed by atoms with Crippen LogP contribution in [0.25, 0.3) is 22.8 Å². The minimum atomic E-state index is -0.124. The lowest BCUT2D eigenvalue weighted by atomic mass is 9.70. The number of hydrogen-bond donors (Lipinski definition) is 2. The second kappa shape index (κ2) is 9.11. The molecule has 2 aliphatic rings. The highest BCUT2D eigenvalue weighted by Gasteiger charge is 2.30. The molecule has 1 heterocycles. The lowest BCUT2D eigenvalue weighted by Gasteiger charge is -2.34. The zero-order valence-corrected chi connectivity index (χ0v) is 21.9. The molecule has 2 aromatic carbocycles. The van der Waals surface area contributed by atoms with Crippen molar-refractivity contribution in [2.45, 2.75) is 53.4 Å². The van der Waals surface area contributed by atoms with Crippen LogP contribution in [0.2, 0.25) is 0 Å². The summed E-state index contributed by atoms with van der Waals surface area (Å²) in [6, 6.07) is 11.1. The highest BCUT2D eigenvalue weighted by Crippen LogP contribution is 2.45. The van der Waals surface area contributed by atoms with E-state index in [0.29, 0.717) is 15.1 Å². The van der Waals surface area contributed by atoms with E-state index in [2.05, 4.69) is 88.6 Å². The molecule has 1 aliphatic carbocycles. The van der Waals surface area contributed by atoms with Gasteiger partial charge in [0.15, 0.2) is 0 Å². The molecule has 1 saturated heterocycles. The molecule has 1 fully saturated rings. The number of carbonyl (C=O) groups is 1. The number of amides is 1. The highest BCUT2D eigenvalue weighted by atomic mass is 32.2. The number of allylic oxidation sites excluding steroid dienone is 2. The van der Waals surface area contributed by atoms with E-state index >= 15 is 0 Å². The molecule has 0 bridgehead atoms. The molecule has 2 aromatic rings. The zero-order valence-electron chi connectivity index (χ0n) is 20.3. The van der Waals surface area contributed by atoms with Crippen LogP contribution in [-0.2, 0) is 10.2 Å². The summed E-state index contributed by atoms with van der Waals surface area (Å²) in [5.74, 6) is 0.350. The first kappa shape index (κ1) is 23.8. The quantitative estimate of drug-likeness (QED) is 0.351. The van der Waals surface area contributed by atoms with Crippen molar-refractivity contribution < 1.29 is 4.79 Å². The number of benzene rings is 2. The maximum atomic E-state index is 12.2. The Kier molecular flexibility index (Phi) is 6.56. The van der Waals surface area contributed by atoms with Crippen molar-refractivity contribution in [2.75, 3.05) is 11.9 Å². The molecule has 0 unspecified atom stereocenters. The molecule has 0 saturated carbocycles. The van der Waals surface area contributed by atoms with Gasteiger partial charge in [-0.05, 0) is 89.3 Å². The molecule has 33 heavy (non-hydrogen) atoms. The molecule has 1 aliphatic heterocycles. The summed E-state index contributed by atoms with van der Waals surface area (Å²) >= 11 is 6.46. The SMILES string of the molecule is CCNc1ccc(/C=C2/SC(=S)NC2=O)cc1-c1cc2c(cc1C)C(C)(C)CC=C2C(C)C. The van der Waals surface area contributed by atoms with Gasteiger partial charge in [0.2, 0.25) is 0 Å². The van der Waals surface area contributed by atoms with Crippen LogP contribution in [0.15, 0.2) is 41.3 Å². The van der Waals surface area contributed by atoms with Crippen LogP contribution in [0, 0.1) is 12.8 Å². The molecular weight excluding hydrogens is 444 g/mol. The van der Waals surface area contributed by atoms with Crippen molar-refractivity contribution in [3.05, 3.63) is 63.6 Å². The lowest BCUT2D eigenvalue weighted by Crippen LogP contribution is -2.23. The fraction of sp³-hybridized carbons (Fsp3) is 0.357. The molecule has 2 N–H and O–H groups in total. The maximum Gasteiger partial charge on any atom is 0.263 e. The number of nitrogens with one attached hydrogen (secondary N) is 2. The summed E-state index contributed by atoms with van der Waals surface area (Å²) in [7, 11) is 0. The summed E-state index contributed by atoms with van der Waals surface area (Å²) in [5.41, 5.74) is 10.1. The molecule has 172 valence electrons. The van der Waals surface area contributed by atoms with Gasteiger partial charge in [0.25, 0.3) is 5.91 Å². The molecule has 4 rings (SSSR count). The van der Waals surface area contributed by atoms with Gasteiger partial charge in [-0.3, -0.25) is 4.79 Å². The van der Waals surface area contributed by atoms with Gasteiger partial charge in [-0.2, -0.15) is 0 Å². The molecule has 0 aromatic heterocycles. The second-order valence-electron chi connectivity index (χ2n) is 9.80. The first-order chi connectivity index (χ1) is 15.6. The van der Waals surface area contributed by atoms with Gasteiger partial charge in [-0.15, -0.1) is 0 Å². The van der Waals surface area contributed by atoms with Gasteiger partial charge in [0, 0.05) is 17.8 Å². The largest absolute Gasteiger partial charge is 0.385 e. The summed E-state index contributed by atoms with van der Waals surface area (Å²) in [4.78, 5) is 12.8. The van der Waals surface area contributed by atoms with E-state index in [1.54, 1.807) is 0 Å². The molecule has 0 radical (unpaired) electrons. The van der Waals surface area contributed by atoms with Gasteiger partial charge in [-0.1, -0.05) is 69.9 Å². The Balaban J connectivity index is 1.89. The van der Waals surface area contributed by atoms with Crippen molar-refractivity contribution in [1.29, 1.82) is 0 Å². The summed E-state index contributed by atoms with van der Waals surface area (Å²) in [6.45, 7) is 14.4. The van der Waals surface area contributed by atoms with Crippen molar-refractivity contribution in [1.82, 2.24) is 5.32 Å². The number of hydrogen-bond acceptors (Lipinski definition) is 4. The van der Waals surface area contributed by atoms with E-state index in [4.69, 9.17) is 12.2 Å². The molecule has 0 spiro atoms. The third kappa shape index (κ3) is 4.67. The zero-order chi connectivity index (χ0) is 23.9. The number of carbonyl (C=O) groups excluding carboxylic acids is 1. The average Bonchev–Trinajstić information content (AvgIpc) is 3.06. The van der Waals surface area contributed by atoms with Crippen LogP contribution in [-0.4, -0.2) is 16.8 Å². The minimum Gasteiger partial charge on any atom is -0.385 e. The molecule has 5 heteroatoms. The maximum absolute atomic E-state index is 12.2. The van der Waals surface area contributed by atoms with Crippen LogP contribution < -0.4 is 10.6 Å². The van der Waals surface area contributed by atoms with E-state index in [-0.39, 0.29) is 11.3 Å². The Labute approximate surface area is 207 Å². The molecular formula is C28H32N2OS2. The fourth-order valence-electron chi connectivity index (χ4n) is 4.72. The van der Waals surface area contributed by atoms with Gasteiger partial charge >= 0.3 is 0 Å². The van der Waals surface area contributed by atoms with Crippen LogP contribution in [0.3, 0.4) is 0 Å². The number of thioether (sulfide) groups is 1. The predicted octanol–water partition coefficient (Wildman–Crippen LogP) is 7.30. The second-order valence-corrected chi connectivity index (χ2v) is 11.5. The Hall–Kier alpha value is -2.37. The third-order valence-corrected chi connectivity index (χ3v) is 7.66. The van der Waals surface area contributed by atoms with E-state index in [0.717, 1.165) is 29.8 Å². The standard InChI is InChI=1S/C28H32N2OS2/c1-7-29-24-9-8-18(14-25-26(31)30-27(32)33-25)13-22(24)20-15-21-19(16(2)3)10-11-28(5,6)23(21)12-17(20)4/h8-10,12-16,29H,7,11H2,1-6H3,(H,30,31,32)/b25-14+. The van der Waals surface area contributed by atoms with Gasteiger partial charge < -0.3 is 10.6 Å². The fourth-order valence-corrected chi connectivity index (χ4v) is 5.76. The smallest absolute Gasteiger partial charge is 0.263 e. The number of thiocarbonyl (C=S) groups is 1. The first-order valence-corrected chi connectivity index (χ1v) is 12.8.